The largest absolute Gasteiger partial charge is 0.291 e. The second-order valence-electron chi connectivity index (χ2n) is 5.79. The first-order valence-corrected chi connectivity index (χ1v) is 7.26. The zero-order chi connectivity index (χ0) is 14.6. The van der Waals surface area contributed by atoms with Crippen molar-refractivity contribution in [2.45, 2.75) is 32.7 Å². The molecule has 1 heteroatoms. The predicted molar refractivity (Wildman–Crippen MR) is 87.8 cm³/mol. The van der Waals surface area contributed by atoms with E-state index in [0.717, 1.165) is 18.5 Å². The minimum atomic E-state index is -0.0956. The molecule has 0 spiro atoms. The van der Waals surface area contributed by atoms with Gasteiger partial charge in [-0.05, 0) is 56.8 Å². The highest BCUT2D eigenvalue weighted by Crippen LogP contribution is 2.16. The zero-order valence-corrected chi connectivity index (χ0v) is 12.9. The van der Waals surface area contributed by atoms with Gasteiger partial charge < -0.3 is 0 Å². The Morgan fingerprint density at radius 1 is 1.05 bits per heavy atom. The smallest absolute Gasteiger partial charge is 0.0770 e. The summed E-state index contributed by atoms with van der Waals surface area (Å²) in [5.74, 6) is 6.73. The Morgan fingerprint density at radius 2 is 1.75 bits per heavy atom. The molecule has 0 atom stereocenters. The summed E-state index contributed by atoms with van der Waals surface area (Å²) in [6.45, 7) is 7.62. The molecule has 0 bridgehead atoms. The highest BCUT2D eigenvalue weighted by Gasteiger charge is 2.19. The second kappa shape index (κ2) is 6.11. The first-order chi connectivity index (χ1) is 9.53. The summed E-state index contributed by atoms with van der Waals surface area (Å²) in [5.41, 5.74) is 0.989. The summed E-state index contributed by atoms with van der Waals surface area (Å²) in [7, 11) is 2.14. The molecule has 0 fully saturated rings. The average Bonchev–Trinajstić information content (AvgIpc) is 2.45. The fourth-order valence-corrected chi connectivity index (χ4v) is 2.20. The number of hydrogen-bond donors (Lipinski definition) is 0. The Bertz CT molecular complexity index is 643. The Hall–Kier alpha value is -1.78. The van der Waals surface area contributed by atoms with Crippen LogP contribution in [0.2, 0.25) is 0 Å². The summed E-state index contributed by atoms with van der Waals surface area (Å²) in [4.78, 5) is 2.31. The molecule has 0 unspecified atom stereocenters. The standard InChI is InChI=1S/C19H23N/c1-5-14-20(4)19(2,3)13-12-16-10-11-17-8-6-7-9-18(17)15-16/h6-11,15H,5,14H2,1-4H3. The molecular weight excluding hydrogens is 242 g/mol. The topological polar surface area (TPSA) is 3.24 Å². The van der Waals surface area contributed by atoms with Crippen molar-refractivity contribution in [3.63, 3.8) is 0 Å². The lowest BCUT2D eigenvalue weighted by molar-refractivity contribution is 0.214. The minimum Gasteiger partial charge on any atom is -0.291 e. The number of hydrogen-bond acceptors (Lipinski definition) is 1. The fourth-order valence-electron chi connectivity index (χ4n) is 2.20. The van der Waals surface area contributed by atoms with Crippen LogP contribution in [0, 0.1) is 11.8 Å². The van der Waals surface area contributed by atoms with E-state index in [2.05, 4.69) is 87.0 Å². The highest BCUT2D eigenvalue weighted by molar-refractivity contribution is 5.83. The monoisotopic (exact) mass is 265 g/mol. The Morgan fingerprint density at radius 3 is 2.45 bits per heavy atom. The van der Waals surface area contributed by atoms with Crippen LogP contribution in [0.3, 0.4) is 0 Å². The van der Waals surface area contributed by atoms with E-state index in [1.807, 2.05) is 0 Å². The van der Waals surface area contributed by atoms with Crippen LogP contribution in [0.5, 0.6) is 0 Å². The fraction of sp³-hybridized carbons (Fsp3) is 0.368. The van der Waals surface area contributed by atoms with Gasteiger partial charge in [-0.3, -0.25) is 4.90 Å². The van der Waals surface area contributed by atoms with E-state index < -0.39 is 0 Å². The van der Waals surface area contributed by atoms with Gasteiger partial charge in [0.05, 0.1) is 5.54 Å². The summed E-state index contributed by atoms with van der Waals surface area (Å²) in [5, 5.41) is 2.51. The maximum Gasteiger partial charge on any atom is 0.0770 e. The summed E-state index contributed by atoms with van der Waals surface area (Å²) in [6, 6.07) is 14.8. The van der Waals surface area contributed by atoms with Crippen LogP contribution in [-0.4, -0.2) is 24.0 Å². The number of rotatable bonds is 3. The van der Waals surface area contributed by atoms with Crippen LogP contribution in [0.1, 0.15) is 32.8 Å². The highest BCUT2D eigenvalue weighted by atomic mass is 15.1. The van der Waals surface area contributed by atoms with Crippen molar-refractivity contribution in [2.75, 3.05) is 13.6 Å². The molecule has 0 heterocycles. The molecule has 0 amide bonds. The average molecular weight is 265 g/mol. The van der Waals surface area contributed by atoms with Crippen LogP contribution < -0.4 is 0 Å². The third-order valence-corrected chi connectivity index (χ3v) is 3.78. The zero-order valence-electron chi connectivity index (χ0n) is 12.9. The Balaban J connectivity index is 2.26. The van der Waals surface area contributed by atoms with Gasteiger partial charge in [-0.2, -0.15) is 0 Å². The van der Waals surface area contributed by atoms with Gasteiger partial charge in [-0.25, -0.2) is 0 Å². The van der Waals surface area contributed by atoms with E-state index in [9.17, 15) is 0 Å². The van der Waals surface area contributed by atoms with Gasteiger partial charge in [-0.15, -0.1) is 0 Å². The number of benzene rings is 2. The molecule has 2 aromatic carbocycles. The molecule has 0 N–H and O–H groups in total. The van der Waals surface area contributed by atoms with Gasteiger partial charge in [0, 0.05) is 5.56 Å². The second-order valence-corrected chi connectivity index (χ2v) is 5.79. The molecule has 104 valence electrons. The molecule has 2 aromatic rings. The van der Waals surface area contributed by atoms with E-state index in [-0.39, 0.29) is 5.54 Å². The van der Waals surface area contributed by atoms with E-state index in [1.54, 1.807) is 0 Å². The van der Waals surface area contributed by atoms with E-state index in [1.165, 1.54) is 10.8 Å². The lowest BCUT2D eigenvalue weighted by Crippen LogP contribution is -2.40. The van der Waals surface area contributed by atoms with Crippen LogP contribution >= 0.6 is 0 Å². The maximum atomic E-state index is 3.40. The summed E-state index contributed by atoms with van der Waals surface area (Å²) in [6.07, 6.45) is 1.15. The normalized spacial score (nSPS) is 11.4. The molecule has 0 saturated carbocycles. The van der Waals surface area contributed by atoms with Crippen LogP contribution in [0.15, 0.2) is 42.5 Å². The third-order valence-electron chi connectivity index (χ3n) is 3.78. The number of fused-ring (bicyclic) bond motifs is 1. The maximum absolute atomic E-state index is 3.40. The van der Waals surface area contributed by atoms with Crippen molar-refractivity contribution >= 4 is 10.8 Å². The number of nitrogens with zero attached hydrogens (tertiary/aromatic N) is 1. The van der Waals surface area contributed by atoms with Crippen molar-refractivity contribution < 1.29 is 0 Å². The van der Waals surface area contributed by atoms with Crippen molar-refractivity contribution in [2.24, 2.45) is 0 Å². The molecular formula is C19H23N. The molecule has 0 radical (unpaired) electrons. The van der Waals surface area contributed by atoms with Crippen LogP contribution in [0.25, 0.3) is 10.8 Å². The van der Waals surface area contributed by atoms with Gasteiger partial charge in [0.2, 0.25) is 0 Å². The van der Waals surface area contributed by atoms with Crippen molar-refractivity contribution in [1.29, 1.82) is 0 Å². The van der Waals surface area contributed by atoms with Crippen LogP contribution in [0.4, 0.5) is 0 Å². The van der Waals surface area contributed by atoms with Crippen molar-refractivity contribution in [3.8, 4) is 11.8 Å². The Kier molecular flexibility index (Phi) is 4.47. The van der Waals surface area contributed by atoms with Gasteiger partial charge in [0.1, 0.15) is 0 Å². The van der Waals surface area contributed by atoms with Crippen molar-refractivity contribution in [3.05, 3.63) is 48.0 Å². The summed E-state index contributed by atoms with van der Waals surface area (Å²) < 4.78 is 0. The molecule has 2 rings (SSSR count). The predicted octanol–water partition coefficient (Wildman–Crippen LogP) is 4.31. The quantitative estimate of drug-likeness (QED) is 0.747. The molecule has 1 nitrogen and oxygen atoms in total. The first kappa shape index (κ1) is 14.6. The Labute approximate surface area is 122 Å². The lowest BCUT2D eigenvalue weighted by Gasteiger charge is -2.30. The minimum absolute atomic E-state index is 0.0956. The molecule has 0 aromatic heterocycles. The van der Waals surface area contributed by atoms with Crippen LogP contribution in [-0.2, 0) is 0 Å². The summed E-state index contributed by atoms with van der Waals surface area (Å²) >= 11 is 0. The van der Waals surface area contributed by atoms with Gasteiger partial charge >= 0.3 is 0 Å². The van der Waals surface area contributed by atoms with E-state index in [0.29, 0.717) is 0 Å². The first-order valence-electron chi connectivity index (χ1n) is 7.26. The molecule has 0 saturated heterocycles. The van der Waals surface area contributed by atoms with Gasteiger partial charge in [0.25, 0.3) is 0 Å². The van der Waals surface area contributed by atoms with E-state index >= 15 is 0 Å². The SMILES string of the molecule is CCCN(C)C(C)(C)C#Cc1ccc2ccccc2c1. The molecule has 0 aliphatic carbocycles. The van der Waals surface area contributed by atoms with E-state index in [4.69, 9.17) is 0 Å². The molecule has 0 aliphatic rings. The third kappa shape index (κ3) is 3.40. The molecule has 0 aliphatic heterocycles. The lowest BCUT2D eigenvalue weighted by atomic mass is 10.0. The van der Waals surface area contributed by atoms with Crippen molar-refractivity contribution in [1.82, 2.24) is 4.90 Å². The van der Waals surface area contributed by atoms with Gasteiger partial charge in [-0.1, -0.05) is 49.1 Å². The molecule has 20 heavy (non-hydrogen) atoms. The van der Waals surface area contributed by atoms with Gasteiger partial charge in [0.15, 0.2) is 0 Å².